The number of ether oxygens (including phenoxy) is 1. The number of nitrogens with zero attached hydrogens (tertiary/aromatic N) is 1. The normalized spacial score (nSPS) is 28.6. The molecule has 25 heavy (non-hydrogen) atoms. The highest BCUT2D eigenvalue weighted by atomic mass is 35.5. The average molecular weight is 401 g/mol. The van der Waals surface area contributed by atoms with E-state index in [1.807, 2.05) is 4.98 Å². The van der Waals surface area contributed by atoms with Crippen molar-refractivity contribution in [2.75, 3.05) is 0 Å². The van der Waals surface area contributed by atoms with Crippen LogP contribution in [0.5, 0.6) is 0 Å². The van der Waals surface area contributed by atoms with Gasteiger partial charge < -0.3 is 29.8 Å². The standard InChI is InChI=1S/C11H14ClN2O10P/c12-2-1-4-3-14(11(19)13-8(4)17)9-6(16)5(15)7(23-9)10(18)24-25(20,21)22/h1-3,5-7,9-10,15-16,18H,(H,13,17,19)(H2,20,21,22)/t5-,6-,7-,9+,10?/m0/s1. The molecule has 6 N–H and O–H groups in total. The third-order valence-electron chi connectivity index (χ3n) is 3.31. The summed E-state index contributed by atoms with van der Waals surface area (Å²) in [4.78, 5) is 42.8. The van der Waals surface area contributed by atoms with Crippen molar-refractivity contribution in [3.63, 3.8) is 0 Å². The smallest absolute Gasteiger partial charge is 0.387 e. The fourth-order valence-electron chi connectivity index (χ4n) is 2.23. The van der Waals surface area contributed by atoms with Gasteiger partial charge in [0.2, 0.25) is 0 Å². The van der Waals surface area contributed by atoms with Gasteiger partial charge in [0.05, 0.1) is 5.56 Å². The van der Waals surface area contributed by atoms with Crippen LogP contribution < -0.4 is 11.2 Å². The van der Waals surface area contributed by atoms with Crippen molar-refractivity contribution in [2.24, 2.45) is 0 Å². The molecular weight excluding hydrogens is 387 g/mol. The van der Waals surface area contributed by atoms with Crippen molar-refractivity contribution >= 4 is 25.5 Å². The molecule has 1 aromatic heterocycles. The molecule has 1 saturated heterocycles. The zero-order valence-electron chi connectivity index (χ0n) is 12.2. The van der Waals surface area contributed by atoms with Crippen LogP contribution in [0.4, 0.5) is 0 Å². The van der Waals surface area contributed by atoms with Crippen LogP contribution >= 0.6 is 19.4 Å². The number of hydrogen-bond donors (Lipinski definition) is 6. The van der Waals surface area contributed by atoms with Gasteiger partial charge in [0.25, 0.3) is 5.56 Å². The van der Waals surface area contributed by atoms with Crippen molar-refractivity contribution in [3.8, 4) is 0 Å². The van der Waals surface area contributed by atoms with Crippen LogP contribution in [0.15, 0.2) is 21.3 Å². The molecule has 140 valence electrons. The molecule has 0 aliphatic carbocycles. The maximum absolute atomic E-state index is 11.9. The highest BCUT2D eigenvalue weighted by Gasteiger charge is 2.49. The summed E-state index contributed by atoms with van der Waals surface area (Å²) < 4.78 is 20.5. The number of hydrogen-bond acceptors (Lipinski definition) is 8. The lowest BCUT2D eigenvalue weighted by atomic mass is 10.1. The minimum Gasteiger partial charge on any atom is -0.387 e. The largest absolute Gasteiger partial charge is 0.472 e. The zero-order valence-corrected chi connectivity index (χ0v) is 13.8. The van der Waals surface area contributed by atoms with Crippen molar-refractivity contribution < 1.29 is 38.9 Å². The fourth-order valence-corrected chi connectivity index (χ4v) is 2.77. The Morgan fingerprint density at radius 3 is 2.56 bits per heavy atom. The Kier molecular flexibility index (Phi) is 5.99. The van der Waals surface area contributed by atoms with Crippen LogP contribution in [-0.2, 0) is 13.8 Å². The Balaban J connectivity index is 2.35. The number of H-pyrrole nitrogens is 1. The topological polar surface area (TPSA) is 192 Å². The summed E-state index contributed by atoms with van der Waals surface area (Å²) in [5, 5.41) is 29.5. The van der Waals surface area contributed by atoms with E-state index in [0.29, 0.717) is 4.57 Å². The summed E-state index contributed by atoms with van der Waals surface area (Å²) in [5.74, 6) is 0. The molecular formula is C11H14ClN2O10P. The van der Waals surface area contributed by atoms with Crippen molar-refractivity contribution in [1.29, 1.82) is 0 Å². The molecule has 0 bridgehead atoms. The van der Waals surface area contributed by atoms with Crippen molar-refractivity contribution in [1.82, 2.24) is 9.55 Å². The maximum Gasteiger partial charge on any atom is 0.472 e. The fraction of sp³-hybridized carbons (Fsp3) is 0.455. The van der Waals surface area contributed by atoms with Gasteiger partial charge in [-0.05, 0) is 6.08 Å². The van der Waals surface area contributed by atoms with Crippen LogP contribution in [0.25, 0.3) is 6.08 Å². The molecule has 1 aliphatic heterocycles. The zero-order chi connectivity index (χ0) is 18.9. The van der Waals surface area contributed by atoms with Gasteiger partial charge >= 0.3 is 13.5 Å². The summed E-state index contributed by atoms with van der Waals surface area (Å²) in [6.07, 6.45) is -7.15. The molecule has 1 aliphatic rings. The van der Waals surface area contributed by atoms with Crippen LogP contribution in [0.2, 0.25) is 0 Å². The van der Waals surface area contributed by atoms with Gasteiger partial charge in [0, 0.05) is 11.7 Å². The molecule has 0 amide bonds. The van der Waals surface area contributed by atoms with Gasteiger partial charge in [-0.3, -0.25) is 18.9 Å². The van der Waals surface area contributed by atoms with Crippen LogP contribution in [0, 0.1) is 0 Å². The quantitative estimate of drug-likeness (QED) is 0.233. The van der Waals surface area contributed by atoms with E-state index in [4.69, 9.17) is 26.1 Å². The Morgan fingerprint density at radius 1 is 1.36 bits per heavy atom. The monoisotopic (exact) mass is 400 g/mol. The number of aliphatic hydroxyl groups is 3. The Bertz CT molecular complexity index is 816. The maximum atomic E-state index is 11.9. The summed E-state index contributed by atoms with van der Waals surface area (Å²) in [5.41, 5.74) is -0.845. The third-order valence-corrected chi connectivity index (χ3v) is 3.93. The second-order valence-electron chi connectivity index (χ2n) is 5.00. The minimum absolute atomic E-state index is 0.0737. The number of rotatable bonds is 5. The molecule has 0 radical (unpaired) electrons. The first-order valence-corrected chi connectivity index (χ1v) is 8.57. The highest BCUT2D eigenvalue weighted by Crippen LogP contribution is 2.40. The first-order valence-electron chi connectivity index (χ1n) is 6.61. The van der Waals surface area contributed by atoms with Gasteiger partial charge in [-0.1, -0.05) is 11.6 Å². The predicted molar refractivity (Wildman–Crippen MR) is 81.3 cm³/mol. The van der Waals surface area contributed by atoms with Gasteiger partial charge in [0.1, 0.15) is 18.3 Å². The first-order chi connectivity index (χ1) is 11.5. The van der Waals surface area contributed by atoms with Crippen LogP contribution in [0.3, 0.4) is 0 Å². The average Bonchev–Trinajstić information content (AvgIpc) is 2.77. The van der Waals surface area contributed by atoms with E-state index in [9.17, 15) is 29.5 Å². The number of halogens is 1. The summed E-state index contributed by atoms with van der Waals surface area (Å²) in [6.45, 7) is 0. The molecule has 12 nitrogen and oxygen atoms in total. The van der Waals surface area contributed by atoms with E-state index in [-0.39, 0.29) is 5.56 Å². The molecule has 1 aromatic rings. The minimum atomic E-state index is -5.11. The van der Waals surface area contributed by atoms with E-state index in [2.05, 4.69) is 4.52 Å². The van der Waals surface area contributed by atoms with E-state index in [1.165, 1.54) is 0 Å². The third kappa shape index (κ3) is 4.44. The molecule has 0 spiro atoms. The second-order valence-corrected chi connectivity index (χ2v) is 6.45. The molecule has 1 unspecified atom stereocenters. The lowest BCUT2D eigenvalue weighted by Gasteiger charge is -2.21. The molecule has 0 saturated carbocycles. The highest BCUT2D eigenvalue weighted by molar-refractivity contribution is 7.46. The van der Waals surface area contributed by atoms with E-state index in [0.717, 1.165) is 17.8 Å². The number of aromatic amines is 1. The van der Waals surface area contributed by atoms with Crippen LogP contribution in [-0.4, -0.2) is 59.3 Å². The number of phosphoric acid groups is 1. The lowest BCUT2D eigenvalue weighted by molar-refractivity contribution is -0.161. The molecule has 2 rings (SSSR count). The number of aliphatic hydroxyl groups excluding tert-OH is 3. The van der Waals surface area contributed by atoms with Gasteiger partial charge in [-0.2, -0.15) is 0 Å². The Morgan fingerprint density at radius 2 is 2.00 bits per heavy atom. The summed E-state index contributed by atoms with van der Waals surface area (Å²) in [6, 6.07) is 0. The second kappa shape index (κ2) is 7.50. The summed E-state index contributed by atoms with van der Waals surface area (Å²) >= 11 is 5.37. The van der Waals surface area contributed by atoms with Gasteiger partial charge in [0.15, 0.2) is 12.5 Å². The molecule has 1 fully saturated rings. The van der Waals surface area contributed by atoms with Crippen LogP contribution in [0.1, 0.15) is 11.8 Å². The van der Waals surface area contributed by atoms with E-state index in [1.54, 1.807) is 0 Å². The number of nitrogens with one attached hydrogen (secondary N) is 1. The van der Waals surface area contributed by atoms with Crippen molar-refractivity contribution in [3.05, 3.63) is 38.1 Å². The Hall–Kier alpha value is -1.34. The van der Waals surface area contributed by atoms with E-state index >= 15 is 0 Å². The summed E-state index contributed by atoms with van der Waals surface area (Å²) in [7, 11) is -5.11. The predicted octanol–water partition coefficient (Wildman–Crippen LogP) is -2.21. The molecule has 0 aromatic carbocycles. The number of phosphoric ester groups is 1. The first kappa shape index (κ1) is 20.0. The van der Waals surface area contributed by atoms with Crippen molar-refractivity contribution in [2.45, 2.75) is 30.8 Å². The number of aromatic nitrogens is 2. The Labute approximate surface area is 143 Å². The lowest BCUT2D eigenvalue weighted by Crippen LogP contribution is -2.40. The molecule has 2 heterocycles. The molecule has 5 atom stereocenters. The molecule has 14 heteroatoms. The van der Waals surface area contributed by atoms with E-state index < -0.39 is 49.9 Å². The van der Waals surface area contributed by atoms with Gasteiger partial charge in [-0.15, -0.1) is 0 Å². The SMILES string of the molecule is O=c1[nH]c(=O)n([C@@H]2O[C@H](C(O)OP(=O)(O)O)[C@@H](O)[C@@H]2O)cc1C=CCl. The van der Waals surface area contributed by atoms with Gasteiger partial charge in [-0.25, -0.2) is 9.36 Å².